The van der Waals surface area contributed by atoms with Gasteiger partial charge < -0.3 is 9.47 Å². The number of hydrogen-bond donors (Lipinski definition) is 0. The van der Waals surface area contributed by atoms with Crippen molar-refractivity contribution in [2.45, 2.75) is 26.7 Å². The van der Waals surface area contributed by atoms with Crippen LogP contribution in [0.25, 0.3) is 0 Å². The molecule has 0 radical (unpaired) electrons. The summed E-state index contributed by atoms with van der Waals surface area (Å²) in [5.41, 5.74) is -1.20. The number of esters is 1. The Kier molecular flexibility index (Phi) is 4.51. The Hall–Kier alpha value is -1.34. The monoisotopic (exact) mass is 224 g/mol. The van der Waals surface area contributed by atoms with Crippen LogP contribution in [-0.2, 0) is 19.1 Å². The molecule has 0 aromatic heterocycles. The minimum absolute atomic E-state index is 0.0827. The lowest BCUT2D eigenvalue weighted by Gasteiger charge is -2.31. The van der Waals surface area contributed by atoms with Crippen molar-refractivity contribution in [2.75, 3.05) is 19.8 Å². The zero-order valence-corrected chi connectivity index (χ0v) is 9.67. The van der Waals surface area contributed by atoms with Crippen LogP contribution in [0, 0.1) is 17.3 Å². The molecule has 4 heteroatoms. The summed E-state index contributed by atoms with van der Waals surface area (Å²) in [5, 5.41) is 0. The Morgan fingerprint density at radius 3 is 2.94 bits per heavy atom. The van der Waals surface area contributed by atoms with Crippen LogP contribution in [0.5, 0.6) is 0 Å². The molecule has 0 aromatic rings. The number of hydrogen-bond acceptors (Lipinski definition) is 4. The van der Waals surface area contributed by atoms with Crippen molar-refractivity contribution >= 4 is 11.8 Å². The third kappa shape index (κ3) is 2.42. The molecule has 1 saturated heterocycles. The van der Waals surface area contributed by atoms with E-state index in [1.54, 1.807) is 13.8 Å². The van der Waals surface area contributed by atoms with Crippen molar-refractivity contribution in [3.63, 3.8) is 0 Å². The summed E-state index contributed by atoms with van der Waals surface area (Å²) in [6.45, 7) is 4.10. The Labute approximate surface area is 95.3 Å². The smallest absolute Gasteiger partial charge is 0.323 e. The second-order valence-corrected chi connectivity index (χ2v) is 3.63. The van der Waals surface area contributed by atoms with Crippen LogP contribution < -0.4 is 0 Å². The third-order valence-corrected chi connectivity index (χ3v) is 2.59. The minimum Gasteiger partial charge on any atom is -0.465 e. The normalized spacial score (nSPS) is 24.5. The molecule has 1 fully saturated rings. The number of Topliss-reactive ketones (excluding diaryl/α,β-unsaturated/α-hetero) is 1. The molecular weight excluding hydrogens is 208 g/mol. The summed E-state index contributed by atoms with van der Waals surface area (Å²) < 4.78 is 10.2. The van der Waals surface area contributed by atoms with Gasteiger partial charge in [-0.25, -0.2) is 0 Å². The quantitative estimate of drug-likeness (QED) is 0.406. The van der Waals surface area contributed by atoms with E-state index in [0.29, 0.717) is 6.61 Å². The first-order chi connectivity index (χ1) is 7.67. The fourth-order valence-electron chi connectivity index (χ4n) is 1.63. The molecule has 1 unspecified atom stereocenters. The van der Waals surface area contributed by atoms with E-state index in [1.807, 2.05) is 0 Å². The molecule has 1 aliphatic rings. The zero-order valence-electron chi connectivity index (χ0n) is 9.67. The van der Waals surface area contributed by atoms with Gasteiger partial charge in [-0.1, -0.05) is 0 Å². The number of carbonyl (C=O) groups excluding carboxylic acids is 2. The number of rotatable bonds is 3. The molecule has 1 atom stereocenters. The van der Waals surface area contributed by atoms with Crippen LogP contribution in [0.4, 0.5) is 0 Å². The average molecular weight is 224 g/mol. The summed E-state index contributed by atoms with van der Waals surface area (Å²) in [7, 11) is 0. The van der Waals surface area contributed by atoms with Crippen molar-refractivity contribution in [3.8, 4) is 11.8 Å². The Morgan fingerprint density at radius 1 is 1.62 bits per heavy atom. The minimum atomic E-state index is -1.20. The van der Waals surface area contributed by atoms with Crippen LogP contribution in [-0.4, -0.2) is 31.6 Å². The van der Waals surface area contributed by atoms with Crippen LogP contribution in [0.1, 0.15) is 26.7 Å². The topological polar surface area (TPSA) is 52.6 Å². The predicted molar refractivity (Wildman–Crippen MR) is 57.6 cm³/mol. The highest BCUT2D eigenvalue weighted by atomic mass is 16.5. The number of ether oxygens (including phenoxy) is 2. The first kappa shape index (κ1) is 12.7. The van der Waals surface area contributed by atoms with Crippen LogP contribution in [0.15, 0.2) is 0 Å². The van der Waals surface area contributed by atoms with Crippen molar-refractivity contribution in [2.24, 2.45) is 5.41 Å². The first-order valence-corrected chi connectivity index (χ1v) is 5.35. The van der Waals surface area contributed by atoms with E-state index < -0.39 is 11.4 Å². The SMILES string of the molecule is CC#CCC1(C(=O)OCC)COCCC1=O. The van der Waals surface area contributed by atoms with Crippen molar-refractivity contribution in [1.29, 1.82) is 0 Å². The van der Waals surface area contributed by atoms with E-state index >= 15 is 0 Å². The second-order valence-electron chi connectivity index (χ2n) is 3.63. The Balaban J connectivity index is 2.92. The predicted octanol–water partition coefficient (Wildman–Crippen LogP) is 0.939. The van der Waals surface area contributed by atoms with E-state index in [-0.39, 0.29) is 31.8 Å². The highest BCUT2D eigenvalue weighted by Gasteiger charge is 2.48. The molecular formula is C12H16O4. The van der Waals surface area contributed by atoms with Gasteiger partial charge in [0.05, 0.1) is 19.8 Å². The first-order valence-electron chi connectivity index (χ1n) is 5.35. The third-order valence-electron chi connectivity index (χ3n) is 2.59. The maximum Gasteiger partial charge on any atom is 0.323 e. The molecule has 0 spiro atoms. The molecule has 1 rings (SSSR count). The number of ketones is 1. The van der Waals surface area contributed by atoms with Crippen LogP contribution in [0.3, 0.4) is 0 Å². The Morgan fingerprint density at radius 2 is 2.38 bits per heavy atom. The van der Waals surface area contributed by atoms with Crippen molar-refractivity contribution < 1.29 is 19.1 Å². The largest absolute Gasteiger partial charge is 0.465 e. The number of carbonyl (C=O) groups is 2. The Bertz CT molecular complexity index is 337. The molecule has 88 valence electrons. The van der Waals surface area contributed by atoms with Gasteiger partial charge in [-0.15, -0.1) is 11.8 Å². The fourth-order valence-corrected chi connectivity index (χ4v) is 1.63. The molecule has 0 aromatic carbocycles. The molecule has 0 bridgehead atoms. The maximum atomic E-state index is 11.9. The van der Waals surface area contributed by atoms with Gasteiger partial charge in [0, 0.05) is 12.8 Å². The van der Waals surface area contributed by atoms with Gasteiger partial charge >= 0.3 is 5.97 Å². The van der Waals surface area contributed by atoms with Gasteiger partial charge in [-0.3, -0.25) is 9.59 Å². The molecule has 0 aliphatic carbocycles. The van der Waals surface area contributed by atoms with Gasteiger partial charge in [0.15, 0.2) is 11.2 Å². The van der Waals surface area contributed by atoms with Crippen LogP contribution >= 0.6 is 0 Å². The maximum absolute atomic E-state index is 11.9. The summed E-state index contributed by atoms with van der Waals surface area (Å²) >= 11 is 0. The lowest BCUT2D eigenvalue weighted by atomic mass is 9.78. The summed E-state index contributed by atoms with van der Waals surface area (Å²) in [6, 6.07) is 0. The molecule has 4 nitrogen and oxygen atoms in total. The van der Waals surface area contributed by atoms with E-state index in [4.69, 9.17) is 9.47 Å². The fraction of sp³-hybridized carbons (Fsp3) is 0.667. The van der Waals surface area contributed by atoms with E-state index in [2.05, 4.69) is 11.8 Å². The highest BCUT2D eigenvalue weighted by molar-refractivity contribution is 6.04. The average Bonchev–Trinajstić information content (AvgIpc) is 2.28. The van der Waals surface area contributed by atoms with Gasteiger partial charge in [-0.05, 0) is 13.8 Å². The van der Waals surface area contributed by atoms with E-state index in [0.717, 1.165) is 0 Å². The van der Waals surface area contributed by atoms with E-state index in [9.17, 15) is 9.59 Å². The van der Waals surface area contributed by atoms with Gasteiger partial charge in [0.1, 0.15) is 0 Å². The molecule has 1 heterocycles. The zero-order chi connectivity index (χ0) is 12.0. The van der Waals surface area contributed by atoms with Crippen LogP contribution in [0.2, 0.25) is 0 Å². The molecule has 0 saturated carbocycles. The highest BCUT2D eigenvalue weighted by Crippen LogP contribution is 2.30. The summed E-state index contributed by atoms with van der Waals surface area (Å²) in [4.78, 5) is 23.7. The molecule has 0 N–H and O–H groups in total. The van der Waals surface area contributed by atoms with Crippen molar-refractivity contribution in [3.05, 3.63) is 0 Å². The van der Waals surface area contributed by atoms with Crippen molar-refractivity contribution in [1.82, 2.24) is 0 Å². The standard InChI is InChI=1S/C12H16O4/c1-3-5-7-12(11(14)16-4-2)9-15-8-6-10(12)13/h4,6-9H2,1-2H3. The summed E-state index contributed by atoms with van der Waals surface area (Å²) in [6.07, 6.45) is 0.436. The molecule has 1 aliphatic heterocycles. The summed E-state index contributed by atoms with van der Waals surface area (Å²) in [5.74, 6) is 4.83. The van der Waals surface area contributed by atoms with Gasteiger partial charge in [-0.2, -0.15) is 0 Å². The molecule has 0 amide bonds. The van der Waals surface area contributed by atoms with Gasteiger partial charge in [0.25, 0.3) is 0 Å². The molecule has 16 heavy (non-hydrogen) atoms. The van der Waals surface area contributed by atoms with E-state index in [1.165, 1.54) is 0 Å². The second kappa shape index (κ2) is 5.66. The lowest BCUT2D eigenvalue weighted by Crippen LogP contribution is -2.47. The lowest BCUT2D eigenvalue weighted by molar-refractivity contribution is -0.168. The van der Waals surface area contributed by atoms with Gasteiger partial charge in [0.2, 0.25) is 0 Å².